The molecule has 2 heterocycles. The van der Waals surface area contributed by atoms with E-state index in [0.717, 1.165) is 28.8 Å². The number of likely N-dealkylation sites (N-methyl/N-ethyl adjacent to an activating group) is 1. The van der Waals surface area contributed by atoms with Gasteiger partial charge in [0, 0.05) is 24.7 Å². The molecule has 1 unspecified atom stereocenters. The van der Waals surface area contributed by atoms with Gasteiger partial charge in [-0.3, -0.25) is 14.6 Å². The number of halogens is 2. The molecule has 9 heteroatoms. The molecular weight excluding hydrogens is 480 g/mol. The van der Waals surface area contributed by atoms with E-state index in [1.807, 2.05) is 36.4 Å². The smallest absolute Gasteiger partial charge is 0.272 e. The first-order chi connectivity index (χ1) is 17.8. The lowest BCUT2D eigenvalue weighted by Gasteiger charge is -2.23. The second-order valence-corrected chi connectivity index (χ2v) is 9.07. The maximum absolute atomic E-state index is 13.5. The predicted molar refractivity (Wildman–Crippen MR) is 135 cm³/mol. The molecule has 2 aliphatic heterocycles. The van der Waals surface area contributed by atoms with Crippen molar-refractivity contribution < 1.29 is 27.8 Å². The van der Waals surface area contributed by atoms with E-state index in [1.54, 1.807) is 20.2 Å². The van der Waals surface area contributed by atoms with Crippen LogP contribution >= 0.6 is 0 Å². The quantitative estimate of drug-likeness (QED) is 0.566. The third kappa shape index (κ3) is 5.02. The van der Waals surface area contributed by atoms with Gasteiger partial charge in [-0.25, -0.2) is 8.78 Å². The van der Waals surface area contributed by atoms with Gasteiger partial charge in [-0.1, -0.05) is 31.2 Å². The van der Waals surface area contributed by atoms with E-state index >= 15 is 0 Å². The van der Waals surface area contributed by atoms with Crippen molar-refractivity contribution in [2.24, 2.45) is 10.9 Å². The lowest BCUT2D eigenvalue weighted by molar-refractivity contribution is -0.129. The number of aliphatic imine (C=N–C) groups is 1. The first-order valence-corrected chi connectivity index (χ1v) is 11.9. The fourth-order valence-corrected chi connectivity index (χ4v) is 4.36. The Morgan fingerprint density at radius 2 is 1.76 bits per heavy atom. The predicted octanol–water partition coefficient (Wildman–Crippen LogP) is 4.12. The Bertz CT molecular complexity index is 1410. The van der Waals surface area contributed by atoms with Gasteiger partial charge in [0.05, 0.1) is 5.69 Å². The third-order valence-electron chi connectivity index (χ3n) is 6.45. The van der Waals surface area contributed by atoms with Crippen molar-refractivity contribution in [2.75, 3.05) is 25.2 Å². The number of fused-ring (bicyclic) bond motifs is 2. The molecule has 3 aromatic rings. The van der Waals surface area contributed by atoms with Crippen LogP contribution in [0.3, 0.4) is 0 Å². The minimum Gasteiger partial charge on any atom is -0.486 e. The summed E-state index contributed by atoms with van der Waals surface area (Å²) in [5.74, 6) is -1.96. The summed E-state index contributed by atoms with van der Waals surface area (Å²) in [7, 11) is 1.63. The Morgan fingerprint density at radius 3 is 2.54 bits per heavy atom. The monoisotopic (exact) mass is 505 g/mol. The van der Waals surface area contributed by atoms with Crippen LogP contribution in [0.5, 0.6) is 11.5 Å². The highest BCUT2D eigenvalue weighted by molar-refractivity contribution is 6.06. The summed E-state index contributed by atoms with van der Waals surface area (Å²) >= 11 is 0. The Morgan fingerprint density at radius 1 is 1.03 bits per heavy atom. The molecule has 0 saturated carbocycles. The number of nitrogens with zero attached hydrogens (tertiary/aromatic N) is 2. The highest BCUT2D eigenvalue weighted by Crippen LogP contribution is 2.36. The highest BCUT2D eigenvalue weighted by atomic mass is 19.2. The molecule has 0 aliphatic carbocycles. The minimum absolute atomic E-state index is 0.183. The second kappa shape index (κ2) is 10.0. The van der Waals surface area contributed by atoms with Gasteiger partial charge < -0.3 is 19.7 Å². The van der Waals surface area contributed by atoms with E-state index in [4.69, 9.17) is 9.47 Å². The number of hydrogen-bond acceptors (Lipinski definition) is 5. The minimum atomic E-state index is -1.12. The summed E-state index contributed by atoms with van der Waals surface area (Å²) in [4.78, 5) is 31.8. The summed E-state index contributed by atoms with van der Waals surface area (Å²) in [5.41, 5.74) is 3.64. The number of benzodiazepines with no additional fused rings is 1. The average Bonchev–Trinajstić information content (AvgIpc) is 3.02. The van der Waals surface area contributed by atoms with Crippen LogP contribution in [-0.4, -0.2) is 44.5 Å². The largest absolute Gasteiger partial charge is 0.486 e. The van der Waals surface area contributed by atoms with Crippen molar-refractivity contribution in [2.45, 2.75) is 19.5 Å². The summed E-state index contributed by atoms with van der Waals surface area (Å²) in [5, 5.41) is 2.67. The van der Waals surface area contributed by atoms with Gasteiger partial charge in [0.2, 0.25) is 12.1 Å². The lowest BCUT2D eigenvalue weighted by Crippen LogP contribution is -2.47. The molecule has 2 atom stereocenters. The summed E-state index contributed by atoms with van der Waals surface area (Å²) in [6, 6.07) is 14.9. The molecule has 37 heavy (non-hydrogen) atoms. The molecule has 190 valence electrons. The van der Waals surface area contributed by atoms with E-state index in [-0.39, 0.29) is 6.42 Å². The van der Waals surface area contributed by atoms with Gasteiger partial charge in [0.15, 0.2) is 23.1 Å². The van der Waals surface area contributed by atoms with Crippen LogP contribution in [0.15, 0.2) is 59.6 Å². The van der Waals surface area contributed by atoms with Crippen LogP contribution in [0, 0.1) is 17.6 Å². The number of carbonyl (C=O) groups excluding carboxylic acids is 2. The van der Waals surface area contributed by atoms with Gasteiger partial charge in [0.25, 0.3) is 5.91 Å². The van der Waals surface area contributed by atoms with Gasteiger partial charge in [-0.05, 0) is 53.4 Å². The Hall–Kier alpha value is -4.27. The number of hydrogen-bond donors (Lipinski definition) is 1. The molecule has 3 aromatic carbocycles. The fraction of sp³-hybridized carbons (Fsp3) is 0.250. The van der Waals surface area contributed by atoms with E-state index in [0.29, 0.717) is 36.0 Å². The SMILES string of the molecule is C[C@@H](Cc1ccc(F)c(F)c1)C(=O)NC1N=Cc2ccc(-c3ccc4c(c3)OCCO4)cc2N(C)C1=O. The van der Waals surface area contributed by atoms with Crippen LogP contribution in [0.4, 0.5) is 14.5 Å². The van der Waals surface area contributed by atoms with Gasteiger partial charge in [0.1, 0.15) is 13.2 Å². The van der Waals surface area contributed by atoms with Crippen molar-refractivity contribution in [1.82, 2.24) is 5.32 Å². The maximum Gasteiger partial charge on any atom is 0.272 e. The number of nitrogens with one attached hydrogen (secondary N) is 1. The van der Waals surface area contributed by atoms with Gasteiger partial charge in [-0.15, -0.1) is 0 Å². The van der Waals surface area contributed by atoms with Gasteiger partial charge in [-0.2, -0.15) is 0 Å². The number of ether oxygens (including phenoxy) is 2. The molecule has 0 bridgehead atoms. The zero-order chi connectivity index (χ0) is 26.1. The normalized spacial score (nSPS) is 17.1. The number of amides is 2. The van der Waals surface area contributed by atoms with Crippen molar-refractivity contribution in [3.8, 4) is 22.6 Å². The second-order valence-electron chi connectivity index (χ2n) is 9.07. The average molecular weight is 506 g/mol. The molecule has 0 spiro atoms. The summed E-state index contributed by atoms with van der Waals surface area (Å²) in [6.07, 6.45) is 0.632. The third-order valence-corrected chi connectivity index (χ3v) is 6.45. The van der Waals surface area contributed by atoms with Crippen LogP contribution in [0.2, 0.25) is 0 Å². The van der Waals surface area contributed by atoms with Crippen LogP contribution < -0.4 is 19.7 Å². The van der Waals surface area contributed by atoms with E-state index < -0.39 is 35.5 Å². The van der Waals surface area contributed by atoms with Crippen molar-refractivity contribution in [3.05, 3.63) is 77.4 Å². The van der Waals surface area contributed by atoms with Gasteiger partial charge >= 0.3 is 0 Å². The Kier molecular flexibility index (Phi) is 6.60. The first kappa shape index (κ1) is 24.4. The first-order valence-electron chi connectivity index (χ1n) is 11.9. The number of benzene rings is 3. The lowest BCUT2D eigenvalue weighted by atomic mass is 10.00. The number of carbonyl (C=O) groups is 2. The van der Waals surface area contributed by atoms with E-state index in [1.165, 1.54) is 11.0 Å². The summed E-state index contributed by atoms with van der Waals surface area (Å²) < 4.78 is 38.0. The topological polar surface area (TPSA) is 80.2 Å². The molecule has 0 radical (unpaired) electrons. The molecule has 2 amide bonds. The molecule has 1 N–H and O–H groups in total. The molecule has 7 nitrogen and oxygen atoms in total. The van der Waals surface area contributed by atoms with Crippen LogP contribution in [0.25, 0.3) is 11.1 Å². The van der Waals surface area contributed by atoms with E-state index in [2.05, 4.69) is 10.3 Å². The number of anilines is 1. The standard InChI is InChI=1S/C28H25F2N3O4/c1-16(11-17-3-7-21(29)22(30)12-17)27(34)32-26-28(35)33(2)23-13-18(4-5-20(23)15-31-26)19-6-8-24-25(14-19)37-10-9-36-24/h3-8,12-16,26H,9-11H2,1-2H3,(H,32,34)/t16-,26?/m0/s1. The van der Waals surface area contributed by atoms with Crippen molar-refractivity contribution in [1.29, 1.82) is 0 Å². The Balaban J connectivity index is 1.31. The molecular formula is C28H25F2N3O4. The highest BCUT2D eigenvalue weighted by Gasteiger charge is 2.29. The summed E-state index contributed by atoms with van der Waals surface area (Å²) in [6.45, 7) is 2.65. The van der Waals surface area contributed by atoms with Crippen LogP contribution in [-0.2, 0) is 16.0 Å². The van der Waals surface area contributed by atoms with Crippen LogP contribution in [0.1, 0.15) is 18.1 Å². The fourth-order valence-electron chi connectivity index (χ4n) is 4.36. The Labute approximate surface area is 212 Å². The molecule has 0 aromatic heterocycles. The molecule has 5 rings (SSSR count). The van der Waals surface area contributed by atoms with Crippen molar-refractivity contribution >= 4 is 23.7 Å². The zero-order valence-electron chi connectivity index (χ0n) is 20.3. The maximum atomic E-state index is 13.5. The molecule has 0 saturated heterocycles. The molecule has 2 aliphatic rings. The van der Waals surface area contributed by atoms with Crippen molar-refractivity contribution in [3.63, 3.8) is 0 Å². The van der Waals surface area contributed by atoms with E-state index in [9.17, 15) is 18.4 Å². The molecule has 0 fully saturated rings. The number of rotatable bonds is 5. The zero-order valence-corrected chi connectivity index (χ0v) is 20.3.